The molecule has 3 rings (SSSR count). The Morgan fingerprint density at radius 1 is 1.07 bits per heavy atom. The van der Waals surface area contributed by atoms with Gasteiger partial charge in [-0.05, 0) is 25.5 Å². The van der Waals surface area contributed by atoms with Gasteiger partial charge in [-0.3, -0.25) is 14.5 Å². The average Bonchev–Trinajstić information content (AvgIpc) is 2.74. The first-order chi connectivity index (χ1) is 13.8. The van der Waals surface area contributed by atoms with Crippen molar-refractivity contribution >= 4 is 33.5 Å². The predicted octanol–water partition coefficient (Wildman–Crippen LogP) is 1.55. The first-order valence-corrected chi connectivity index (χ1v) is 12.5. The maximum Gasteiger partial charge on any atom is 0.243 e. The summed E-state index contributed by atoms with van der Waals surface area (Å²) in [5.74, 6) is 1.04. The van der Waals surface area contributed by atoms with E-state index in [-0.39, 0.29) is 29.7 Å². The number of piperazine rings is 1. The zero-order valence-electron chi connectivity index (χ0n) is 17.0. The van der Waals surface area contributed by atoms with Crippen LogP contribution in [0.2, 0.25) is 0 Å². The summed E-state index contributed by atoms with van der Waals surface area (Å²) in [6.07, 6.45) is 1.11. The van der Waals surface area contributed by atoms with E-state index in [9.17, 15) is 18.0 Å². The minimum atomic E-state index is -3.62. The van der Waals surface area contributed by atoms with Gasteiger partial charge in [0.2, 0.25) is 15.9 Å². The second kappa shape index (κ2) is 9.59. The first-order valence-electron chi connectivity index (χ1n) is 10.0. The molecule has 2 aliphatic rings. The van der Waals surface area contributed by atoms with E-state index in [1.807, 2.05) is 11.8 Å². The summed E-state index contributed by atoms with van der Waals surface area (Å²) in [4.78, 5) is 28.2. The van der Waals surface area contributed by atoms with Gasteiger partial charge in [0.1, 0.15) is 0 Å². The minimum absolute atomic E-state index is 0.0783. The minimum Gasteiger partial charge on any atom is -0.339 e. The Morgan fingerprint density at radius 2 is 1.72 bits per heavy atom. The van der Waals surface area contributed by atoms with E-state index in [0.29, 0.717) is 30.4 Å². The molecule has 2 heterocycles. The number of hydrogen-bond acceptors (Lipinski definition) is 6. The number of amides is 1. The Kier molecular flexibility index (Phi) is 7.37. The fourth-order valence-corrected chi connectivity index (χ4v) is 6.32. The van der Waals surface area contributed by atoms with Crippen molar-refractivity contribution in [2.75, 3.05) is 51.6 Å². The third-order valence-electron chi connectivity index (χ3n) is 5.53. The zero-order chi connectivity index (χ0) is 21.0. The van der Waals surface area contributed by atoms with Crippen LogP contribution in [-0.2, 0) is 14.8 Å². The lowest BCUT2D eigenvalue weighted by Crippen LogP contribution is -2.53. The first kappa shape index (κ1) is 22.3. The lowest BCUT2D eigenvalue weighted by Gasteiger charge is -2.36. The van der Waals surface area contributed by atoms with Gasteiger partial charge in [-0.2, -0.15) is 16.1 Å². The molecule has 29 heavy (non-hydrogen) atoms. The number of carbonyl (C=O) groups excluding carboxylic acids is 2. The van der Waals surface area contributed by atoms with Gasteiger partial charge in [-0.1, -0.05) is 19.1 Å². The molecule has 0 saturated carbocycles. The Bertz CT molecular complexity index is 834. The highest BCUT2D eigenvalue weighted by Crippen LogP contribution is 2.22. The molecule has 1 amide bonds. The van der Waals surface area contributed by atoms with Gasteiger partial charge in [0.05, 0.1) is 11.4 Å². The van der Waals surface area contributed by atoms with Crippen LogP contribution < -0.4 is 0 Å². The van der Waals surface area contributed by atoms with E-state index >= 15 is 0 Å². The molecule has 0 N–H and O–H groups in total. The SMILES string of the molecule is CC[C@@H]1CN(CC(=O)N2CCN(S(=O)(=O)c3ccc(C(C)=O)cc3)CC2)CCS1. The largest absolute Gasteiger partial charge is 0.339 e. The van der Waals surface area contributed by atoms with Crippen LogP contribution in [0.3, 0.4) is 0 Å². The van der Waals surface area contributed by atoms with Crippen molar-refractivity contribution in [2.45, 2.75) is 30.4 Å². The number of Topliss-reactive ketones (excluding diaryl/α,β-unsaturated/α-hetero) is 1. The van der Waals surface area contributed by atoms with E-state index in [0.717, 1.165) is 25.3 Å². The van der Waals surface area contributed by atoms with Gasteiger partial charge in [-0.15, -0.1) is 0 Å². The van der Waals surface area contributed by atoms with Crippen molar-refractivity contribution in [1.82, 2.24) is 14.1 Å². The van der Waals surface area contributed by atoms with Crippen LogP contribution in [0.1, 0.15) is 30.6 Å². The molecule has 1 aromatic carbocycles. The van der Waals surface area contributed by atoms with Gasteiger partial charge >= 0.3 is 0 Å². The molecule has 0 bridgehead atoms. The second-order valence-electron chi connectivity index (χ2n) is 7.50. The van der Waals surface area contributed by atoms with Crippen LogP contribution in [-0.4, -0.2) is 91.0 Å². The number of thioether (sulfide) groups is 1. The average molecular weight is 440 g/mol. The van der Waals surface area contributed by atoms with Crippen LogP contribution in [0, 0.1) is 0 Å². The maximum absolute atomic E-state index is 12.9. The molecular formula is C20H29N3O4S2. The molecule has 1 aromatic rings. The number of carbonyl (C=O) groups is 2. The number of rotatable bonds is 6. The second-order valence-corrected chi connectivity index (χ2v) is 10.8. The zero-order valence-corrected chi connectivity index (χ0v) is 18.7. The normalized spacial score (nSPS) is 21.9. The van der Waals surface area contributed by atoms with Gasteiger partial charge in [0.25, 0.3) is 0 Å². The summed E-state index contributed by atoms with van der Waals surface area (Å²) in [6, 6.07) is 6.02. The van der Waals surface area contributed by atoms with Gasteiger partial charge < -0.3 is 4.90 Å². The van der Waals surface area contributed by atoms with Crippen LogP contribution in [0.15, 0.2) is 29.2 Å². The molecule has 0 unspecified atom stereocenters. The van der Waals surface area contributed by atoms with Gasteiger partial charge in [0, 0.05) is 55.8 Å². The summed E-state index contributed by atoms with van der Waals surface area (Å²) in [7, 11) is -3.62. The smallest absolute Gasteiger partial charge is 0.243 e. The molecule has 2 saturated heterocycles. The molecule has 1 atom stereocenters. The number of ketones is 1. The Balaban J connectivity index is 1.55. The summed E-state index contributed by atoms with van der Waals surface area (Å²) in [6.45, 7) is 7.30. The molecule has 7 nitrogen and oxygen atoms in total. The van der Waals surface area contributed by atoms with Crippen LogP contribution in [0.4, 0.5) is 0 Å². The molecule has 0 radical (unpaired) electrons. The van der Waals surface area contributed by atoms with E-state index in [1.165, 1.54) is 35.5 Å². The fraction of sp³-hybridized carbons (Fsp3) is 0.600. The summed E-state index contributed by atoms with van der Waals surface area (Å²) in [5, 5.41) is 0.591. The van der Waals surface area contributed by atoms with Crippen molar-refractivity contribution in [2.24, 2.45) is 0 Å². The molecule has 0 aliphatic carbocycles. The highest BCUT2D eigenvalue weighted by molar-refractivity contribution is 8.00. The standard InChI is InChI=1S/C20H29N3O4S2/c1-3-18-14-21(12-13-28-18)15-20(25)22-8-10-23(11-9-22)29(26,27)19-6-4-17(5-7-19)16(2)24/h4-7,18H,3,8-15H2,1-2H3/t18-/m1/s1. The van der Waals surface area contributed by atoms with Gasteiger partial charge in [0.15, 0.2) is 5.78 Å². The monoisotopic (exact) mass is 439 g/mol. The Hall–Kier alpha value is -1.42. The van der Waals surface area contributed by atoms with Crippen molar-refractivity contribution in [3.63, 3.8) is 0 Å². The van der Waals surface area contributed by atoms with Crippen molar-refractivity contribution < 1.29 is 18.0 Å². The van der Waals surface area contributed by atoms with E-state index < -0.39 is 10.0 Å². The lowest BCUT2D eigenvalue weighted by molar-refractivity contribution is -0.133. The van der Waals surface area contributed by atoms with Crippen molar-refractivity contribution in [3.05, 3.63) is 29.8 Å². The number of benzene rings is 1. The maximum atomic E-state index is 12.9. The van der Waals surface area contributed by atoms with Crippen LogP contribution in [0.5, 0.6) is 0 Å². The van der Waals surface area contributed by atoms with Crippen molar-refractivity contribution in [1.29, 1.82) is 0 Å². The van der Waals surface area contributed by atoms with Crippen molar-refractivity contribution in [3.8, 4) is 0 Å². The molecule has 2 fully saturated rings. The third kappa shape index (κ3) is 5.39. The third-order valence-corrected chi connectivity index (χ3v) is 8.81. The highest BCUT2D eigenvalue weighted by atomic mass is 32.2. The molecule has 0 spiro atoms. The van der Waals surface area contributed by atoms with Gasteiger partial charge in [-0.25, -0.2) is 8.42 Å². The fourth-order valence-electron chi connectivity index (χ4n) is 3.65. The number of hydrogen-bond donors (Lipinski definition) is 0. The molecule has 160 valence electrons. The van der Waals surface area contributed by atoms with Crippen LogP contribution >= 0.6 is 11.8 Å². The molecular weight excluding hydrogens is 410 g/mol. The van der Waals surface area contributed by atoms with Crippen LogP contribution in [0.25, 0.3) is 0 Å². The number of sulfonamides is 1. The molecule has 2 aliphatic heterocycles. The summed E-state index contributed by atoms with van der Waals surface area (Å²) >= 11 is 1.97. The predicted molar refractivity (Wildman–Crippen MR) is 115 cm³/mol. The lowest BCUT2D eigenvalue weighted by atomic mass is 10.2. The quantitative estimate of drug-likeness (QED) is 0.626. The highest BCUT2D eigenvalue weighted by Gasteiger charge is 2.31. The molecule has 9 heteroatoms. The topological polar surface area (TPSA) is 78.0 Å². The Morgan fingerprint density at radius 3 is 2.31 bits per heavy atom. The van der Waals surface area contributed by atoms with E-state index in [1.54, 1.807) is 4.90 Å². The van der Waals surface area contributed by atoms with E-state index in [2.05, 4.69) is 11.8 Å². The summed E-state index contributed by atoms with van der Waals surface area (Å²) in [5.41, 5.74) is 0.487. The Labute approximate surface area is 177 Å². The summed E-state index contributed by atoms with van der Waals surface area (Å²) < 4.78 is 27.1. The van der Waals surface area contributed by atoms with E-state index in [4.69, 9.17) is 0 Å². The number of nitrogens with zero attached hydrogens (tertiary/aromatic N) is 3. The molecule has 0 aromatic heterocycles.